The average Bonchev–Trinajstić information content (AvgIpc) is 2.46. The molecule has 2 saturated carbocycles. The van der Waals surface area contributed by atoms with Crippen molar-refractivity contribution in [3.05, 3.63) is 12.2 Å². The topological polar surface area (TPSA) is 9.23 Å². The molecule has 0 spiro atoms. The van der Waals surface area contributed by atoms with Gasteiger partial charge in [0.05, 0.1) is 6.10 Å². The minimum atomic E-state index is 0.562. The molecule has 0 atom stereocenters. The molecule has 0 saturated heterocycles. The third-order valence-electron chi connectivity index (χ3n) is 5.32. The first-order chi connectivity index (χ1) is 8.83. The highest BCUT2D eigenvalue weighted by Crippen LogP contribution is 2.41. The lowest BCUT2D eigenvalue weighted by molar-refractivity contribution is 0.0395. The lowest BCUT2D eigenvalue weighted by Gasteiger charge is -2.37. The summed E-state index contributed by atoms with van der Waals surface area (Å²) in [5.41, 5.74) is 0. The largest absolute Gasteiger partial charge is 0.381 e. The summed E-state index contributed by atoms with van der Waals surface area (Å²) in [6.07, 6.45) is 17.8. The fraction of sp³-hybridized carbons (Fsp3) is 0.882. The van der Waals surface area contributed by atoms with Crippen molar-refractivity contribution in [3.8, 4) is 0 Å². The normalized spacial score (nSPS) is 38.1. The maximum atomic E-state index is 5.48. The summed E-state index contributed by atoms with van der Waals surface area (Å²) in [5, 5.41) is 0. The summed E-state index contributed by atoms with van der Waals surface area (Å²) >= 11 is 0. The van der Waals surface area contributed by atoms with Crippen molar-refractivity contribution in [3.63, 3.8) is 0 Å². The zero-order chi connectivity index (χ0) is 12.8. The van der Waals surface area contributed by atoms with Gasteiger partial charge in [-0.1, -0.05) is 12.2 Å². The predicted octanol–water partition coefficient (Wildman–Crippen LogP) is 4.96. The Kier molecular flexibility index (Phi) is 5.75. The van der Waals surface area contributed by atoms with Crippen LogP contribution < -0.4 is 0 Å². The lowest BCUT2D eigenvalue weighted by Crippen LogP contribution is -2.28. The first-order valence-electron chi connectivity index (χ1n) is 7.97. The summed E-state index contributed by atoms with van der Waals surface area (Å²) in [6, 6.07) is 0. The van der Waals surface area contributed by atoms with Crippen molar-refractivity contribution < 1.29 is 4.74 Å². The van der Waals surface area contributed by atoms with Gasteiger partial charge in [0.2, 0.25) is 0 Å². The molecular formula is C17H30O. The van der Waals surface area contributed by atoms with Crippen LogP contribution in [-0.4, -0.2) is 13.2 Å². The van der Waals surface area contributed by atoms with Gasteiger partial charge in [0.25, 0.3) is 0 Å². The van der Waals surface area contributed by atoms with E-state index in [4.69, 9.17) is 4.74 Å². The highest BCUT2D eigenvalue weighted by atomic mass is 16.5. The molecule has 1 nitrogen and oxygen atoms in total. The van der Waals surface area contributed by atoms with Crippen molar-refractivity contribution in [2.45, 2.75) is 70.8 Å². The van der Waals surface area contributed by atoms with Crippen LogP contribution in [0.15, 0.2) is 12.2 Å². The van der Waals surface area contributed by atoms with Crippen LogP contribution in [0.2, 0.25) is 0 Å². The maximum Gasteiger partial charge on any atom is 0.0571 e. The summed E-state index contributed by atoms with van der Waals surface area (Å²) in [5.74, 6) is 3.02. The Morgan fingerprint density at radius 3 is 1.94 bits per heavy atom. The highest BCUT2D eigenvalue weighted by Gasteiger charge is 2.30. The van der Waals surface area contributed by atoms with Crippen LogP contribution in [0.4, 0.5) is 0 Å². The molecule has 104 valence electrons. The van der Waals surface area contributed by atoms with Gasteiger partial charge in [-0.3, -0.25) is 0 Å². The Bertz CT molecular complexity index is 242. The fourth-order valence-corrected chi connectivity index (χ4v) is 4.02. The first kappa shape index (κ1) is 14.1. The second-order valence-electron chi connectivity index (χ2n) is 6.36. The van der Waals surface area contributed by atoms with Crippen LogP contribution in [0.25, 0.3) is 0 Å². The monoisotopic (exact) mass is 250 g/mol. The van der Waals surface area contributed by atoms with Gasteiger partial charge < -0.3 is 4.74 Å². The Balaban J connectivity index is 1.70. The zero-order valence-corrected chi connectivity index (χ0v) is 12.2. The molecule has 0 aromatic heterocycles. The smallest absolute Gasteiger partial charge is 0.0571 e. The summed E-state index contributed by atoms with van der Waals surface area (Å²) in [7, 11) is 1.87. The van der Waals surface area contributed by atoms with E-state index in [1.807, 2.05) is 7.11 Å². The molecule has 2 rings (SSSR count). The molecule has 18 heavy (non-hydrogen) atoms. The molecule has 2 fully saturated rings. The van der Waals surface area contributed by atoms with E-state index in [2.05, 4.69) is 19.1 Å². The first-order valence-corrected chi connectivity index (χ1v) is 7.97. The van der Waals surface area contributed by atoms with Crippen molar-refractivity contribution in [2.24, 2.45) is 17.8 Å². The second-order valence-corrected chi connectivity index (χ2v) is 6.36. The SMILES string of the molecule is C/C=C/CC1CCC(C2CCC(OC)CC2)CC1. The molecule has 0 heterocycles. The summed E-state index contributed by atoms with van der Waals surface area (Å²) in [6.45, 7) is 2.14. The lowest BCUT2D eigenvalue weighted by atomic mass is 9.70. The van der Waals surface area contributed by atoms with E-state index in [1.165, 1.54) is 57.8 Å². The minimum absolute atomic E-state index is 0.562. The Labute approximate surface area is 113 Å². The fourth-order valence-electron chi connectivity index (χ4n) is 4.02. The van der Waals surface area contributed by atoms with Crippen LogP contribution in [0, 0.1) is 17.8 Å². The van der Waals surface area contributed by atoms with Crippen LogP contribution in [0.3, 0.4) is 0 Å². The number of ether oxygens (including phenoxy) is 1. The molecule has 0 bridgehead atoms. The molecule has 0 N–H and O–H groups in total. The van der Waals surface area contributed by atoms with Gasteiger partial charge in [-0.25, -0.2) is 0 Å². The molecule has 0 aromatic rings. The second kappa shape index (κ2) is 7.33. The Hall–Kier alpha value is -0.300. The van der Waals surface area contributed by atoms with E-state index in [1.54, 1.807) is 0 Å². The van der Waals surface area contributed by atoms with Gasteiger partial charge in [0.15, 0.2) is 0 Å². The number of allylic oxidation sites excluding steroid dienone is 2. The molecule has 2 aliphatic carbocycles. The number of hydrogen-bond acceptors (Lipinski definition) is 1. The van der Waals surface area contributed by atoms with Crippen molar-refractivity contribution in [2.75, 3.05) is 7.11 Å². The average molecular weight is 250 g/mol. The van der Waals surface area contributed by atoms with E-state index >= 15 is 0 Å². The molecular weight excluding hydrogens is 220 g/mol. The number of rotatable bonds is 4. The van der Waals surface area contributed by atoms with E-state index in [0.717, 1.165) is 17.8 Å². The zero-order valence-electron chi connectivity index (χ0n) is 12.2. The Morgan fingerprint density at radius 2 is 1.44 bits per heavy atom. The van der Waals surface area contributed by atoms with E-state index < -0.39 is 0 Å². The molecule has 0 unspecified atom stereocenters. The van der Waals surface area contributed by atoms with Crippen molar-refractivity contribution in [1.82, 2.24) is 0 Å². The van der Waals surface area contributed by atoms with Crippen molar-refractivity contribution in [1.29, 1.82) is 0 Å². The van der Waals surface area contributed by atoms with Gasteiger partial charge in [-0.15, -0.1) is 0 Å². The number of methoxy groups -OCH3 is 1. The van der Waals surface area contributed by atoms with E-state index in [-0.39, 0.29) is 0 Å². The molecule has 0 aromatic carbocycles. The third-order valence-corrected chi connectivity index (χ3v) is 5.32. The number of hydrogen-bond donors (Lipinski definition) is 0. The molecule has 1 heteroatoms. The molecule has 0 amide bonds. The van der Waals surface area contributed by atoms with Crippen LogP contribution in [0.1, 0.15) is 64.7 Å². The quantitative estimate of drug-likeness (QED) is 0.640. The van der Waals surface area contributed by atoms with E-state index in [0.29, 0.717) is 6.10 Å². The van der Waals surface area contributed by atoms with Crippen LogP contribution >= 0.6 is 0 Å². The van der Waals surface area contributed by atoms with Gasteiger partial charge in [-0.05, 0) is 82.5 Å². The summed E-state index contributed by atoms with van der Waals surface area (Å²) in [4.78, 5) is 0. The molecule has 0 radical (unpaired) electrons. The molecule has 0 aliphatic heterocycles. The van der Waals surface area contributed by atoms with Gasteiger partial charge in [0.1, 0.15) is 0 Å². The standard InChI is InChI=1S/C17H30O/c1-3-4-5-14-6-8-15(9-7-14)16-10-12-17(18-2)13-11-16/h3-4,14-17H,5-13H2,1-2H3/b4-3+. The minimum Gasteiger partial charge on any atom is -0.381 e. The highest BCUT2D eigenvalue weighted by molar-refractivity contribution is 4.86. The summed E-state index contributed by atoms with van der Waals surface area (Å²) < 4.78 is 5.48. The maximum absolute atomic E-state index is 5.48. The predicted molar refractivity (Wildman–Crippen MR) is 77.6 cm³/mol. The van der Waals surface area contributed by atoms with E-state index in [9.17, 15) is 0 Å². The third kappa shape index (κ3) is 3.85. The Morgan fingerprint density at radius 1 is 0.889 bits per heavy atom. The van der Waals surface area contributed by atoms with Gasteiger partial charge in [-0.2, -0.15) is 0 Å². The van der Waals surface area contributed by atoms with Crippen LogP contribution in [0.5, 0.6) is 0 Å². The van der Waals surface area contributed by atoms with Crippen LogP contribution in [-0.2, 0) is 4.74 Å². The van der Waals surface area contributed by atoms with Gasteiger partial charge in [0, 0.05) is 7.11 Å². The molecule has 2 aliphatic rings. The van der Waals surface area contributed by atoms with Crippen molar-refractivity contribution >= 4 is 0 Å². The van der Waals surface area contributed by atoms with Gasteiger partial charge >= 0.3 is 0 Å².